The molecule has 0 spiro atoms. The molecule has 196 valence electrons. The number of aliphatic hydroxyl groups excluding tert-OH is 1. The molecule has 1 aromatic heterocycles. The van der Waals surface area contributed by atoms with Gasteiger partial charge < -0.3 is 24.5 Å². The van der Waals surface area contributed by atoms with E-state index in [9.17, 15) is 27.7 Å². The third-order valence-electron chi connectivity index (χ3n) is 6.73. The first-order valence-corrected chi connectivity index (χ1v) is 13.9. The van der Waals surface area contributed by atoms with Crippen molar-refractivity contribution in [2.45, 2.75) is 31.5 Å². The molecule has 1 aliphatic heterocycles. The second-order valence-electron chi connectivity index (χ2n) is 9.60. The summed E-state index contributed by atoms with van der Waals surface area (Å²) in [5.41, 5.74) is 2.22. The van der Waals surface area contributed by atoms with E-state index in [1.807, 2.05) is 0 Å². The Morgan fingerprint density at radius 1 is 1.19 bits per heavy atom. The minimum absolute atomic E-state index is 0.0275. The van der Waals surface area contributed by atoms with Crippen LogP contribution in [0.15, 0.2) is 40.8 Å². The van der Waals surface area contributed by atoms with Gasteiger partial charge in [-0.2, -0.15) is 0 Å². The average Bonchev–Trinajstić information content (AvgIpc) is 3.52. The molecule has 9 nitrogen and oxygen atoms in total. The van der Waals surface area contributed by atoms with Crippen molar-refractivity contribution >= 4 is 39.7 Å². The lowest BCUT2D eigenvalue weighted by atomic mass is 9.81. The summed E-state index contributed by atoms with van der Waals surface area (Å²) in [4.78, 5) is 13.1. The zero-order valence-electron chi connectivity index (χ0n) is 20.1. The van der Waals surface area contributed by atoms with E-state index >= 15 is 0 Å². The highest BCUT2D eigenvalue weighted by atomic mass is 32.2. The number of carbonyl (C=O) groups is 1. The molecule has 37 heavy (non-hydrogen) atoms. The standard InChI is InChI=1S/C25H28BFN2O7S/c27-18-5-3-17(4-6-18)24-23(25(31)28-8-9-30)20-11-19(16-1-2-16)21(12-22(20)36-24)29-37(33,34)10-7-15-13-26(32)35-14-15/h3-6,11-12,15-16,29-30,32H,1-2,7-10,13-14H2,(H,28,31). The molecule has 0 radical (unpaired) electrons. The maximum Gasteiger partial charge on any atom is 0.454 e. The molecule has 1 atom stereocenters. The number of sulfonamides is 1. The summed E-state index contributed by atoms with van der Waals surface area (Å²) in [6, 6.07) is 8.92. The van der Waals surface area contributed by atoms with Gasteiger partial charge in [-0.05, 0) is 73.3 Å². The molecule has 2 aromatic carbocycles. The summed E-state index contributed by atoms with van der Waals surface area (Å²) in [5.74, 6) is -0.657. The Kier molecular flexibility index (Phi) is 7.26. The predicted octanol–water partition coefficient (Wildman–Crippen LogP) is 3.10. The van der Waals surface area contributed by atoms with E-state index in [2.05, 4.69) is 10.0 Å². The zero-order valence-corrected chi connectivity index (χ0v) is 20.9. The van der Waals surface area contributed by atoms with Crippen LogP contribution >= 0.6 is 0 Å². The van der Waals surface area contributed by atoms with Crippen LogP contribution in [0.1, 0.15) is 41.1 Å². The number of furan rings is 1. The molecular weight excluding hydrogens is 502 g/mol. The van der Waals surface area contributed by atoms with Gasteiger partial charge in [0.05, 0.1) is 23.6 Å². The van der Waals surface area contributed by atoms with Crippen LogP contribution in [0.5, 0.6) is 0 Å². The molecule has 2 heterocycles. The van der Waals surface area contributed by atoms with Crippen LogP contribution in [0.25, 0.3) is 22.3 Å². The second-order valence-corrected chi connectivity index (χ2v) is 11.4. The first-order valence-electron chi connectivity index (χ1n) is 12.3. The molecular formula is C25H28BFN2O7S. The van der Waals surface area contributed by atoms with Gasteiger partial charge in [0.25, 0.3) is 5.91 Å². The van der Waals surface area contributed by atoms with Gasteiger partial charge in [0.15, 0.2) is 0 Å². The number of amides is 1. The van der Waals surface area contributed by atoms with E-state index in [0.717, 1.165) is 18.4 Å². The van der Waals surface area contributed by atoms with Crippen molar-refractivity contribution in [3.05, 3.63) is 53.3 Å². The van der Waals surface area contributed by atoms with Crippen molar-refractivity contribution < 1.29 is 36.8 Å². The van der Waals surface area contributed by atoms with Gasteiger partial charge in [0, 0.05) is 30.2 Å². The fourth-order valence-electron chi connectivity index (χ4n) is 4.68. The zero-order chi connectivity index (χ0) is 26.2. The molecule has 1 aliphatic carbocycles. The summed E-state index contributed by atoms with van der Waals surface area (Å²) in [5, 5.41) is 21.9. The highest BCUT2D eigenvalue weighted by molar-refractivity contribution is 7.92. The lowest BCUT2D eigenvalue weighted by Gasteiger charge is -2.14. The number of fused-ring (bicyclic) bond motifs is 1. The Bertz CT molecular complexity index is 1410. The number of hydrogen-bond acceptors (Lipinski definition) is 7. The number of carbonyl (C=O) groups excluding carboxylic acids is 1. The fraction of sp³-hybridized carbons (Fsp3) is 0.400. The maximum absolute atomic E-state index is 13.6. The van der Waals surface area contributed by atoms with Crippen molar-refractivity contribution in [2.24, 2.45) is 5.92 Å². The molecule has 3 aromatic rings. The second kappa shape index (κ2) is 10.4. The highest BCUT2D eigenvalue weighted by Crippen LogP contribution is 2.47. The largest absolute Gasteiger partial charge is 0.455 e. The number of rotatable bonds is 10. The van der Waals surface area contributed by atoms with Crippen LogP contribution < -0.4 is 10.0 Å². The van der Waals surface area contributed by atoms with E-state index < -0.39 is 28.9 Å². The summed E-state index contributed by atoms with van der Waals surface area (Å²) < 4.78 is 53.3. The van der Waals surface area contributed by atoms with Gasteiger partial charge in [-0.25, -0.2) is 12.8 Å². The SMILES string of the molecule is O=C(NCCO)c1c(-c2ccc(F)cc2)oc2cc(NS(=O)(=O)CCC3COB(O)C3)c(C3CC3)cc12. The molecule has 5 rings (SSSR count). The van der Waals surface area contributed by atoms with Gasteiger partial charge in [0.1, 0.15) is 17.2 Å². The first-order chi connectivity index (χ1) is 17.7. The molecule has 1 amide bonds. The van der Waals surface area contributed by atoms with Gasteiger partial charge in [-0.15, -0.1) is 0 Å². The number of aliphatic hydroxyl groups is 1. The monoisotopic (exact) mass is 530 g/mol. The van der Waals surface area contributed by atoms with Gasteiger partial charge in [-0.3, -0.25) is 9.52 Å². The predicted molar refractivity (Wildman–Crippen MR) is 137 cm³/mol. The number of hydrogen-bond donors (Lipinski definition) is 4. The lowest BCUT2D eigenvalue weighted by Crippen LogP contribution is -2.26. The Hall–Kier alpha value is -2.93. The van der Waals surface area contributed by atoms with E-state index in [4.69, 9.17) is 9.07 Å². The maximum atomic E-state index is 13.6. The Morgan fingerprint density at radius 2 is 1.95 bits per heavy atom. The van der Waals surface area contributed by atoms with Crippen LogP contribution in [0.2, 0.25) is 6.32 Å². The third kappa shape index (κ3) is 5.82. The van der Waals surface area contributed by atoms with Crippen LogP contribution in [-0.4, -0.2) is 57.1 Å². The van der Waals surface area contributed by atoms with E-state index in [1.165, 1.54) is 24.3 Å². The summed E-state index contributed by atoms with van der Waals surface area (Å²) in [7, 11) is -4.55. The quantitative estimate of drug-likeness (QED) is 0.296. The fourth-order valence-corrected chi connectivity index (χ4v) is 5.94. The molecule has 12 heteroatoms. The van der Waals surface area contributed by atoms with Crippen LogP contribution in [0, 0.1) is 11.7 Å². The number of benzene rings is 2. The highest BCUT2D eigenvalue weighted by Gasteiger charge is 2.32. The Morgan fingerprint density at radius 3 is 2.59 bits per heavy atom. The average molecular weight is 530 g/mol. The van der Waals surface area contributed by atoms with Gasteiger partial charge in [-0.1, -0.05) is 0 Å². The molecule has 2 fully saturated rings. The lowest BCUT2D eigenvalue weighted by molar-refractivity contribution is 0.0946. The van der Waals surface area contributed by atoms with E-state index in [0.29, 0.717) is 41.6 Å². The number of nitrogens with one attached hydrogen (secondary N) is 2. The summed E-state index contributed by atoms with van der Waals surface area (Å²) in [6.07, 6.45) is 2.56. The molecule has 4 N–H and O–H groups in total. The molecule has 0 bridgehead atoms. The Labute approximate surface area is 214 Å². The number of halogens is 1. The van der Waals surface area contributed by atoms with E-state index in [-0.39, 0.29) is 42.1 Å². The van der Waals surface area contributed by atoms with Gasteiger partial charge in [0.2, 0.25) is 10.0 Å². The minimum atomic E-state index is -3.70. The molecule has 1 saturated carbocycles. The van der Waals surface area contributed by atoms with Crippen molar-refractivity contribution in [1.82, 2.24) is 5.32 Å². The molecule has 2 aliphatic rings. The summed E-state index contributed by atoms with van der Waals surface area (Å²) >= 11 is 0. The van der Waals surface area contributed by atoms with Crippen molar-refractivity contribution in [3.8, 4) is 11.3 Å². The number of anilines is 1. The topological polar surface area (TPSA) is 138 Å². The van der Waals surface area contributed by atoms with Crippen LogP contribution in [0.4, 0.5) is 10.1 Å². The third-order valence-corrected chi connectivity index (χ3v) is 8.03. The Balaban J connectivity index is 1.52. The minimum Gasteiger partial charge on any atom is -0.455 e. The van der Waals surface area contributed by atoms with Crippen molar-refractivity contribution in [3.63, 3.8) is 0 Å². The van der Waals surface area contributed by atoms with Crippen molar-refractivity contribution in [1.29, 1.82) is 0 Å². The normalized spacial score (nSPS) is 17.9. The first kappa shape index (κ1) is 25.7. The summed E-state index contributed by atoms with van der Waals surface area (Å²) in [6.45, 7) is 0.138. The van der Waals surface area contributed by atoms with Crippen LogP contribution in [0.3, 0.4) is 0 Å². The molecule has 1 saturated heterocycles. The van der Waals surface area contributed by atoms with E-state index in [1.54, 1.807) is 12.1 Å². The smallest absolute Gasteiger partial charge is 0.454 e. The van der Waals surface area contributed by atoms with Crippen molar-refractivity contribution in [2.75, 3.05) is 30.2 Å². The van der Waals surface area contributed by atoms with Crippen LogP contribution in [-0.2, 0) is 14.7 Å². The van der Waals surface area contributed by atoms with Gasteiger partial charge >= 0.3 is 7.12 Å². The molecule has 1 unspecified atom stereocenters.